The van der Waals surface area contributed by atoms with Crippen molar-refractivity contribution in [3.63, 3.8) is 0 Å². The summed E-state index contributed by atoms with van der Waals surface area (Å²) in [5, 5.41) is 2.77. The Kier molecular flexibility index (Phi) is 3.22. The number of rotatable bonds is 2. The molecule has 1 aliphatic heterocycles. The van der Waals surface area contributed by atoms with Crippen LogP contribution in [0.25, 0.3) is 11.0 Å². The number of aromatic nitrogens is 2. The van der Waals surface area contributed by atoms with E-state index in [0.717, 1.165) is 0 Å². The fourth-order valence-electron chi connectivity index (χ4n) is 2.41. The second kappa shape index (κ2) is 4.76. The van der Waals surface area contributed by atoms with E-state index in [1.165, 1.54) is 6.07 Å². The largest absolute Gasteiger partial charge is 0.354 e. The Hall–Kier alpha value is -1.14. The van der Waals surface area contributed by atoms with E-state index in [0.29, 0.717) is 34.3 Å². The van der Waals surface area contributed by atoms with E-state index < -0.39 is 0 Å². The van der Waals surface area contributed by atoms with Crippen LogP contribution < -0.4 is 5.32 Å². The van der Waals surface area contributed by atoms with Gasteiger partial charge in [-0.2, -0.15) is 0 Å². The van der Waals surface area contributed by atoms with Crippen LogP contribution in [0.15, 0.2) is 16.6 Å². The lowest BCUT2D eigenvalue weighted by atomic mass is 10.2. The number of nitrogens with zero attached hydrogens (tertiary/aromatic N) is 2. The van der Waals surface area contributed by atoms with Crippen LogP contribution in [0.3, 0.4) is 0 Å². The Labute approximate surface area is 122 Å². The first-order valence-electron chi connectivity index (χ1n) is 5.78. The number of carbonyl (C=O) groups is 1. The Balaban J connectivity index is 2.20. The number of benzene rings is 1. The van der Waals surface area contributed by atoms with Gasteiger partial charge in [0.1, 0.15) is 11.6 Å². The highest BCUT2D eigenvalue weighted by atomic mass is 79.9. The molecular weight excluding hydrogens is 337 g/mol. The van der Waals surface area contributed by atoms with E-state index >= 15 is 0 Å². The molecule has 7 heteroatoms. The van der Waals surface area contributed by atoms with Crippen molar-refractivity contribution in [3.05, 3.63) is 28.2 Å². The first-order chi connectivity index (χ1) is 9.10. The van der Waals surface area contributed by atoms with Gasteiger partial charge in [0.15, 0.2) is 0 Å². The lowest BCUT2D eigenvalue weighted by Gasteiger charge is -2.13. The first kappa shape index (κ1) is 12.9. The second-order valence-electron chi connectivity index (χ2n) is 4.45. The van der Waals surface area contributed by atoms with Crippen LogP contribution in [-0.4, -0.2) is 22.0 Å². The summed E-state index contributed by atoms with van der Waals surface area (Å²) in [6.07, 6.45) is 0.368. The molecule has 1 saturated heterocycles. The maximum atomic E-state index is 13.7. The van der Waals surface area contributed by atoms with Gasteiger partial charge in [0.2, 0.25) is 5.91 Å². The van der Waals surface area contributed by atoms with Crippen LogP contribution in [0.2, 0.25) is 0 Å². The zero-order valence-corrected chi connectivity index (χ0v) is 12.1. The van der Waals surface area contributed by atoms with Crippen LogP contribution in [-0.2, 0) is 10.7 Å². The number of halogens is 3. The second-order valence-corrected chi connectivity index (χ2v) is 5.57. The van der Waals surface area contributed by atoms with E-state index in [1.54, 1.807) is 6.07 Å². The monoisotopic (exact) mass is 345 g/mol. The van der Waals surface area contributed by atoms with Crippen molar-refractivity contribution < 1.29 is 9.18 Å². The molecule has 1 aromatic heterocycles. The smallest absolute Gasteiger partial charge is 0.222 e. The molecule has 1 atom stereocenters. The zero-order chi connectivity index (χ0) is 13.6. The van der Waals surface area contributed by atoms with E-state index in [9.17, 15) is 9.18 Å². The zero-order valence-electron chi connectivity index (χ0n) is 9.79. The summed E-state index contributed by atoms with van der Waals surface area (Å²) in [4.78, 5) is 15.7. The maximum absolute atomic E-state index is 13.7. The minimum atomic E-state index is -0.355. The van der Waals surface area contributed by atoms with Crippen LogP contribution in [0.1, 0.15) is 18.3 Å². The third-order valence-corrected chi connectivity index (χ3v) is 4.09. The molecular formula is C12H10BrClFN3O. The predicted molar refractivity (Wildman–Crippen MR) is 73.6 cm³/mol. The summed E-state index contributed by atoms with van der Waals surface area (Å²) in [7, 11) is 0. The van der Waals surface area contributed by atoms with Crippen LogP contribution in [0.4, 0.5) is 4.39 Å². The van der Waals surface area contributed by atoms with Crippen LogP contribution >= 0.6 is 27.5 Å². The average Bonchev–Trinajstić information content (AvgIpc) is 2.93. The number of fused-ring (bicyclic) bond motifs is 1. The summed E-state index contributed by atoms with van der Waals surface area (Å²) < 4.78 is 15.9. The van der Waals surface area contributed by atoms with E-state index in [2.05, 4.69) is 26.2 Å². The number of carbonyl (C=O) groups excluding carboxylic acids is 1. The third kappa shape index (κ3) is 2.12. The number of amides is 1. The number of imidazole rings is 1. The highest BCUT2D eigenvalue weighted by Gasteiger charge is 2.27. The van der Waals surface area contributed by atoms with Gasteiger partial charge in [-0.3, -0.25) is 4.79 Å². The minimum Gasteiger partial charge on any atom is -0.354 e. The van der Waals surface area contributed by atoms with Gasteiger partial charge in [-0.15, -0.1) is 11.6 Å². The summed E-state index contributed by atoms with van der Waals surface area (Å²) >= 11 is 9.05. The van der Waals surface area contributed by atoms with Gasteiger partial charge >= 0.3 is 0 Å². The summed E-state index contributed by atoms with van der Waals surface area (Å²) in [5.74, 6) is 0.506. The van der Waals surface area contributed by atoms with E-state index in [-0.39, 0.29) is 23.6 Å². The maximum Gasteiger partial charge on any atom is 0.222 e. The molecule has 1 unspecified atom stereocenters. The molecule has 1 aliphatic rings. The van der Waals surface area contributed by atoms with Crippen molar-refractivity contribution in [2.45, 2.75) is 18.3 Å². The molecule has 3 rings (SSSR count). The van der Waals surface area contributed by atoms with Gasteiger partial charge in [-0.05, 0) is 22.0 Å². The Bertz CT molecular complexity index is 673. The van der Waals surface area contributed by atoms with E-state index in [4.69, 9.17) is 11.6 Å². The molecule has 0 spiro atoms. The van der Waals surface area contributed by atoms with Crippen molar-refractivity contribution in [3.8, 4) is 0 Å². The Morgan fingerprint density at radius 2 is 2.37 bits per heavy atom. The van der Waals surface area contributed by atoms with Crippen LogP contribution in [0.5, 0.6) is 0 Å². The summed E-state index contributed by atoms with van der Waals surface area (Å²) in [5.41, 5.74) is 1.33. The summed E-state index contributed by atoms with van der Waals surface area (Å²) in [6, 6.07) is 2.99. The van der Waals surface area contributed by atoms with Crippen molar-refractivity contribution >= 4 is 44.5 Å². The van der Waals surface area contributed by atoms with Gasteiger partial charge < -0.3 is 9.88 Å². The van der Waals surface area contributed by atoms with Crippen molar-refractivity contribution in [2.24, 2.45) is 0 Å². The average molecular weight is 347 g/mol. The highest BCUT2D eigenvalue weighted by Crippen LogP contribution is 2.29. The molecule has 0 radical (unpaired) electrons. The lowest BCUT2D eigenvalue weighted by Crippen LogP contribution is -2.16. The van der Waals surface area contributed by atoms with Crippen LogP contribution in [0, 0.1) is 5.82 Å². The number of hydrogen-bond acceptors (Lipinski definition) is 2. The van der Waals surface area contributed by atoms with Gasteiger partial charge in [0, 0.05) is 19.0 Å². The van der Waals surface area contributed by atoms with Gasteiger partial charge in [0.25, 0.3) is 0 Å². The summed E-state index contributed by atoms with van der Waals surface area (Å²) in [6.45, 7) is 0.520. The van der Waals surface area contributed by atoms with Gasteiger partial charge in [-0.1, -0.05) is 0 Å². The molecule has 1 amide bonds. The van der Waals surface area contributed by atoms with Gasteiger partial charge in [-0.25, -0.2) is 9.37 Å². The molecule has 1 fully saturated rings. The number of hydrogen-bond donors (Lipinski definition) is 1. The molecule has 19 heavy (non-hydrogen) atoms. The SMILES string of the molecule is O=C1CC(n2c(CCl)nc3cc(Br)c(F)cc32)CN1. The molecule has 0 bridgehead atoms. The van der Waals surface area contributed by atoms with E-state index in [1.807, 2.05) is 4.57 Å². The first-order valence-corrected chi connectivity index (χ1v) is 7.11. The number of alkyl halides is 1. The normalized spacial score (nSPS) is 19.1. The van der Waals surface area contributed by atoms with Gasteiger partial charge in [0.05, 0.1) is 27.4 Å². The molecule has 1 aromatic carbocycles. The van der Waals surface area contributed by atoms with Crippen molar-refractivity contribution in [2.75, 3.05) is 6.54 Å². The molecule has 2 aromatic rings. The molecule has 4 nitrogen and oxygen atoms in total. The molecule has 1 N–H and O–H groups in total. The Morgan fingerprint density at radius 1 is 1.58 bits per heavy atom. The van der Waals surface area contributed by atoms with Crippen molar-refractivity contribution in [1.29, 1.82) is 0 Å². The number of nitrogens with one attached hydrogen (secondary N) is 1. The topological polar surface area (TPSA) is 46.9 Å². The van der Waals surface area contributed by atoms with Crippen molar-refractivity contribution in [1.82, 2.24) is 14.9 Å². The minimum absolute atomic E-state index is 0.00930. The predicted octanol–water partition coefficient (Wildman–Crippen LogP) is 2.74. The fourth-order valence-corrected chi connectivity index (χ4v) is 2.93. The Morgan fingerprint density at radius 3 is 3.00 bits per heavy atom. The molecule has 0 aliphatic carbocycles. The quantitative estimate of drug-likeness (QED) is 0.850. The fraction of sp³-hybridized carbons (Fsp3) is 0.333. The molecule has 0 saturated carbocycles. The molecule has 2 heterocycles. The third-order valence-electron chi connectivity index (χ3n) is 3.25. The lowest BCUT2D eigenvalue weighted by molar-refractivity contribution is -0.119. The standard InChI is InChI=1S/C12H10BrClFN3O/c13-7-2-9-10(3-8(7)15)18(11(4-14)17-9)6-1-12(19)16-5-6/h2-3,6H,1,4-5H2,(H,16,19). The molecule has 100 valence electrons. The highest BCUT2D eigenvalue weighted by molar-refractivity contribution is 9.10.